The van der Waals surface area contributed by atoms with Crippen molar-refractivity contribution in [3.05, 3.63) is 46.5 Å². The average Bonchev–Trinajstić information content (AvgIpc) is 3.05. The molecule has 0 aliphatic carbocycles. The van der Waals surface area contributed by atoms with E-state index in [0.29, 0.717) is 17.1 Å². The molecule has 0 bridgehead atoms. The molecule has 1 aromatic heterocycles. The Bertz CT molecular complexity index is 744. The van der Waals surface area contributed by atoms with Crippen molar-refractivity contribution in [3.63, 3.8) is 0 Å². The first-order chi connectivity index (χ1) is 10.1. The molecule has 21 heavy (non-hydrogen) atoms. The number of hydrogen-bond acceptors (Lipinski definition) is 4. The summed E-state index contributed by atoms with van der Waals surface area (Å²) >= 11 is 6.10. The highest BCUT2D eigenvalue weighted by atomic mass is 35.5. The molecule has 4 N–H and O–H groups in total. The maximum Gasteiger partial charge on any atom is 0.255 e. The number of halogens is 1. The van der Waals surface area contributed by atoms with Crippen LogP contribution in [-0.4, -0.2) is 33.6 Å². The maximum absolute atomic E-state index is 12.7. The number of aromatic amines is 1. The number of rotatable bonds is 1. The van der Waals surface area contributed by atoms with Gasteiger partial charge in [0.1, 0.15) is 0 Å². The highest BCUT2D eigenvalue weighted by Crippen LogP contribution is 2.44. The van der Waals surface area contributed by atoms with Gasteiger partial charge < -0.3 is 15.4 Å². The second-order valence-corrected chi connectivity index (χ2v) is 5.78. The van der Waals surface area contributed by atoms with E-state index >= 15 is 0 Å². The molecule has 2 aromatic rings. The predicted octanol–water partition coefficient (Wildman–Crippen LogP) is 0.765. The molecule has 0 fully saturated rings. The summed E-state index contributed by atoms with van der Waals surface area (Å²) in [5.41, 5.74) is 1.90. The Balaban J connectivity index is 1.99. The number of nitrogens with one attached hydrogen (secondary N) is 3. The number of carbonyl (C=O) groups excluding carboxylic acids is 1. The first kappa shape index (κ1) is 12.8. The molecule has 108 valence electrons. The van der Waals surface area contributed by atoms with Gasteiger partial charge in [-0.25, -0.2) is 4.98 Å². The van der Waals surface area contributed by atoms with Gasteiger partial charge in [-0.2, -0.15) is 0 Å². The van der Waals surface area contributed by atoms with Crippen molar-refractivity contribution in [2.75, 3.05) is 11.9 Å². The predicted molar refractivity (Wildman–Crippen MR) is 77.2 cm³/mol. The number of benzene rings is 1. The fraction of sp³-hybridized carbons (Fsp3) is 0.286. The number of aromatic nitrogens is 2. The third-order valence-electron chi connectivity index (χ3n) is 4.15. The summed E-state index contributed by atoms with van der Waals surface area (Å²) in [5.74, 6) is -0.191. The standard InChI is InChI=1S/C14H13ClN4O2/c15-7-1-2-10-9(3-7)14(13(21)18-10)12-11(16-6-17-12)4-8(5-20)19-14/h1-3,6,8,19-20H,4-5H2,(H,16,17)(H,18,21)/t8-,14-/m0/s1. The van der Waals surface area contributed by atoms with Crippen molar-refractivity contribution >= 4 is 23.2 Å². The van der Waals surface area contributed by atoms with Gasteiger partial charge in [0.25, 0.3) is 5.91 Å². The van der Waals surface area contributed by atoms with E-state index in [9.17, 15) is 9.90 Å². The van der Waals surface area contributed by atoms with E-state index in [1.165, 1.54) is 0 Å². The summed E-state index contributed by atoms with van der Waals surface area (Å²) in [7, 11) is 0. The number of aliphatic hydroxyl groups excluding tert-OH is 1. The zero-order valence-electron chi connectivity index (χ0n) is 11.0. The molecule has 0 saturated carbocycles. The molecule has 0 unspecified atom stereocenters. The van der Waals surface area contributed by atoms with Gasteiger partial charge in [-0.1, -0.05) is 11.6 Å². The number of carbonyl (C=O) groups is 1. The van der Waals surface area contributed by atoms with E-state index in [4.69, 9.17) is 11.6 Å². The van der Waals surface area contributed by atoms with Crippen LogP contribution in [0, 0.1) is 0 Å². The van der Waals surface area contributed by atoms with Crippen LogP contribution in [0.25, 0.3) is 0 Å². The number of H-pyrrole nitrogens is 1. The third-order valence-corrected chi connectivity index (χ3v) is 4.38. The second kappa shape index (κ2) is 4.30. The van der Waals surface area contributed by atoms with Crippen LogP contribution in [-0.2, 0) is 16.8 Å². The van der Waals surface area contributed by atoms with Gasteiger partial charge in [0, 0.05) is 28.7 Å². The summed E-state index contributed by atoms with van der Waals surface area (Å²) in [5, 5.41) is 16.2. The Labute approximate surface area is 125 Å². The number of nitrogens with zero attached hydrogens (tertiary/aromatic N) is 1. The quantitative estimate of drug-likeness (QED) is 0.626. The van der Waals surface area contributed by atoms with E-state index < -0.39 is 5.54 Å². The Kier molecular flexibility index (Phi) is 2.63. The molecule has 0 radical (unpaired) electrons. The van der Waals surface area contributed by atoms with Crippen molar-refractivity contribution < 1.29 is 9.90 Å². The van der Waals surface area contributed by atoms with Crippen LogP contribution >= 0.6 is 11.6 Å². The first-order valence-electron chi connectivity index (χ1n) is 6.68. The van der Waals surface area contributed by atoms with Crippen LogP contribution in [0.3, 0.4) is 0 Å². The normalized spacial score (nSPS) is 26.6. The Morgan fingerprint density at radius 2 is 2.33 bits per heavy atom. The maximum atomic E-state index is 12.7. The van der Waals surface area contributed by atoms with Gasteiger partial charge in [-0.3, -0.25) is 10.1 Å². The molecule has 1 spiro atoms. The summed E-state index contributed by atoms with van der Waals surface area (Å²) in [6, 6.07) is 5.05. The van der Waals surface area contributed by atoms with E-state index in [1.807, 2.05) is 0 Å². The van der Waals surface area contributed by atoms with Crippen molar-refractivity contribution in [1.29, 1.82) is 0 Å². The molecule has 2 aliphatic rings. The molecule has 1 amide bonds. The van der Waals surface area contributed by atoms with Gasteiger partial charge in [0.2, 0.25) is 0 Å². The molecule has 2 atom stereocenters. The van der Waals surface area contributed by atoms with Gasteiger partial charge in [0.15, 0.2) is 5.54 Å². The number of fused-ring (bicyclic) bond motifs is 4. The second-order valence-electron chi connectivity index (χ2n) is 5.35. The van der Waals surface area contributed by atoms with Gasteiger partial charge >= 0.3 is 0 Å². The van der Waals surface area contributed by atoms with Gasteiger partial charge in [0.05, 0.1) is 24.3 Å². The van der Waals surface area contributed by atoms with Crippen LogP contribution in [0.1, 0.15) is 17.0 Å². The highest BCUT2D eigenvalue weighted by Gasteiger charge is 2.53. The third kappa shape index (κ3) is 1.61. The van der Waals surface area contributed by atoms with E-state index in [0.717, 1.165) is 16.9 Å². The lowest BCUT2D eigenvalue weighted by Gasteiger charge is -2.36. The van der Waals surface area contributed by atoms with Gasteiger partial charge in [-0.15, -0.1) is 0 Å². The zero-order valence-corrected chi connectivity index (χ0v) is 11.7. The summed E-state index contributed by atoms with van der Waals surface area (Å²) in [6.07, 6.45) is 2.14. The molecule has 1 aromatic carbocycles. The number of amides is 1. The Morgan fingerprint density at radius 3 is 3.14 bits per heavy atom. The van der Waals surface area contributed by atoms with Crippen molar-refractivity contribution in [2.45, 2.75) is 18.0 Å². The smallest absolute Gasteiger partial charge is 0.255 e. The van der Waals surface area contributed by atoms with Crippen LogP contribution in [0.5, 0.6) is 0 Å². The van der Waals surface area contributed by atoms with Crippen LogP contribution in [0.2, 0.25) is 5.02 Å². The average molecular weight is 305 g/mol. The molecular formula is C14H13ClN4O2. The molecule has 7 heteroatoms. The number of hydrogen-bond donors (Lipinski definition) is 4. The lowest BCUT2D eigenvalue weighted by atomic mass is 9.81. The minimum Gasteiger partial charge on any atom is -0.395 e. The van der Waals surface area contributed by atoms with E-state index in [-0.39, 0.29) is 18.6 Å². The topological polar surface area (TPSA) is 90.0 Å². The summed E-state index contributed by atoms with van der Waals surface area (Å²) in [4.78, 5) is 20.0. The monoisotopic (exact) mass is 304 g/mol. The number of anilines is 1. The summed E-state index contributed by atoms with van der Waals surface area (Å²) in [6.45, 7) is -0.0722. The van der Waals surface area contributed by atoms with Crippen molar-refractivity contribution in [3.8, 4) is 0 Å². The number of aliphatic hydroxyl groups is 1. The molecular weight excluding hydrogens is 292 g/mol. The van der Waals surface area contributed by atoms with Crippen LogP contribution < -0.4 is 10.6 Å². The number of imidazole rings is 1. The largest absolute Gasteiger partial charge is 0.395 e. The SMILES string of the molecule is O=C1Nc2ccc(Cl)cc2[C@@]12N[C@H](CO)Cc1nc[nH]c12. The lowest BCUT2D eigenvalue weighted by molar-refractivity contribution is -0.121. The van der Waals surface area contributed by atoms with Crippen LogP contribution in [0.4, 0.5) is 5.69 Å². The van der Waals surface area contributed by atoms with E-state index in [1.54, 1.807) is 24.5 Å². The summed E-state index contributed by atoms with van der Waals surface area (Å²) < 4.78 is 0. The fourth-order valence-electron chi connectivity index (χ4n) is 3.24. The van der Waals surface area contributed by atoms with Gasteiger partial charge in [-0.05, 0) is 18.2 Å². The molecule has 0 saturated heterocycles. The minimum absolute atomic E-state index is 0.0722. The Hall–Kier alpha value is -1.89. The Morgan fingerprint density at radius 1 is 1.48 bits per heavy atom. The molecule has 6 nitrogen and oxygen atoms in total. The zero-order chi connectivity index (χ0) is 14.6. The lowest BCUT2D eigenvalue weighted by Crippen LogP contribution is -2.58. The minimum atomic E-state index is -1.07. The molecule has 2 aliphatic heterocycles. The molecule has 3 heterocycles. The fourth-order valence-corrected chi connectivity index (χ4v) is 3.41. The van der Waals surface area contributed by atoms with Crippen molar-refractivity contribution in [2.24, 2.45) is 0 Å². The van der Waals surface area contributed by atoms with Crippen LogP contribution in [0.15, 0.2) is 24.5 Å². The first-order valence-corrected chi connectivity index (χ1v) is 7.05. The van der Waals surface area contributed by atoms with E-state index in [2.05, 4.69) is 20.6 Å². The molecule has 4 rings (SSSR count). The highest BCUT2D eigenvalue weighted by molar-refractivity contribution is 6.31. The van der Waals surface area contributed by atoms with Crippen molar-refractivity contribution in [1.82, 2.24) is 15.3 Å².